The maximum Gasteiger partial charge on any atom is 0.273 e. The Balaban J connectivity index is 0.00000324. The van der Waals surface area contributed by atoms with Gasteiger partial charge in [0.05, 0.1) is 11.3 Å². The minimum Gasteiger partial charge on any atom is -0.355 e. The first-order valence-electron chi connectivity index (χ1n) is 5.85. The lowest BCUT2D eigenvalue weighted by Crippen LogP contribution is -2.32. The number of para-hydroxylation sites is 1. The van der Waals surface area contributed by atoms with Crippen LogP contribution in [0.1, 0.15) is 12.5 Å². The third-order valence-electron chi connectivity index (χ3n) is 2.41. The molecule has 1 aromatic carbocycles. The van der Waals surface area contributed by atoms with Gasteiger partial charge in [0.15, 0.2) is 0 Å². The molecular formula is C12H18ClN3O3. The van der Waals surface area contributed by atoms with Gasteiger partial charge in [-0.05, 0) is 6.54 Å². The molecule has 1 rings (SSSR count). The van der Waals surface area contributed by atoms with Gasteiger partial charge in [-0.2, -0.15) is 0 Å². The monoisotopic (exact) mass is 287 g/mol. The molecule has 0 aliphatic rings. The van der Waals surface area contributed by atoms with E-state index in [4.69, 9.17) is 0 Å². The van der Waals surface area contributed by atoms with E-state index in [2.05, 4.69) is 10.6 Å². The highest BCUT2D eigenvalue weighted by atomic mass is 35.5. The zero-order valence-electron chi connectivity index (χ0n) is 10.7. The molecule has 1 aromatic rings. The Morgan fingerprint density at radius 1 is 1.32 bits per heavy atom. The number of nitro groups is 1. The van der Waals surface area contributed by atoms with Gasteiger partial charge in [0.1, 0.15) is 0 Å². The first-order valence-corrected chi connectivity index (χ1v) is 5.85. The van der Waals surface area contributed by atoms with Crippen LogP contribution in [0, 0.1) is 10.1 Å². The second-order valence-electron chi connectivity index (χ2n) is 3.77. The van der Waals surface area contributed by atoms with Crippen molar-refractivity contribution in [2.45, 2.75) is 13.3 Å². The number of rotatable bonds is 7. The molecule has 0 bridgehead atoms. The molecule has 0 aliphatic heterocycles. The van der Waals surface area contributed by atoms with Gasteiger partial charge in [0, 0.05) is 24.7 Å². The molecule has 0 atom stereocenters. The molecule has 0 aromatic heterocycles. The number of hydrogen-bond acceptors (Lipinski definition) is 4. The Labute approximate surface area is 118 Å². The zero-order chi connectivity index (χ0) is 13.4. The molecule has 19 heavy (non-hydrogen) atoms. The average molecular weight is 288 g/mol. The lowest BCUT2D eigenvalue weighted by atomic mass is 10.1. The molecule has 1 amide bonds. The molecule has 0 aliphatic carbocycles. The molecule has 0 saturated carbocycles. The fraction of sp³-hybridized carbons (Fsp3) is 0.417. The fourth-order valence-corrected chi connectivity index (χ4v) is 1.54. The number of halogens is 1. The van der Waals surface area contributed by atoms with Crippen molar-refractivity contribution in [3.05, 3.63) is 39.9 Å². The van der Waals surface area contributed by atoms with E-state index in [1.54, 1.807) is 18.2 Å². The third kappa shape index (κ3) is 6.17. The number of carbonyl (C=O) groups excluding carboxylic acids is 1. The second-order valence-corrected chi connectivity index (χ2v) is 3.77. The summed E-state index contributed by atoms with van der Waals surface area (Å²) in [7, 11) is 0. The maximum atomic E-state index is 11.6. The maximum absolute atomic E-state index is 11.6. The van der Waals surface area contributed by atoms with Crippen LogP contribution in [0.4, 0.5) is 5.69 Å². The summed E-state index contributed by atoms with van der Waals surface area (Å²) in [6.45, 7) is 4.04. The summed E-state index contributed by atoms with van der Waals surface area (Å²) in [5.41, 5.74) is 0.419. The molecule has 0 heterocycles. The van der Waals surface area contributed by atoms with Crippen molar-refractivity contribution in [1.82, 2.24) is 10.6 Å². The van der Waals surface area contributed by atoms with E-state index >= 15 is 0 Å². The van der Waals surface area contributed by atoms with E-state index in [9.17, 15) is 14.9 Å². The molecule has 0 unspecified atom stereocenters. The van der Waals surface area contributed by atoms with Crippen LogP contribution in [0.15, 0.2) is 24.3 Å². The largest absolute Gasteiger partial charge is 0.355 e. The summed E-state index contributed by atoms with van der Waals surface area (Å²) in [6, 6.07) is 6.28. The molecular weight excluding hydrogens is 270 g/mol. The highest BCUT2D eigenvalue weighted by Gasteiger charge is 2.14. The Hall–Kier alpha value is -1.66. The fourth-order valence-electron chi connectivity index (χ4n) is 1.54. The van der Waals surface area contributed by atoms with Crippen LogP contribution in [0.3, 0.4) is 0 Å². The van der Waals surface area contributed by atoms with E-state index in [0.29, 0.717) is 18.7 Å². The van der Waals surface area contributed by atoms with Gasteiger partial charge in [-0.3, -0.25) is 14.9 Å². The number of likely N-dealkylation sites (N-methyl/N-ethyl adjacent to an activating group) is 1. The first-order chi connectivity index (χ1) is 8.65. The van der Waals surface area contributed by atoms with E-state index in [0.717, 1.165) is 6.54 Å². The van der Waals surface area contributed by atoms with E-state index in [1.165, 1.54) is 6.07 Å². The van der Waals surface area contributed by atoms with Crippen LogP contribution in [-0.2, 0) is 11.2 Å². The summed E-state index contributed by atoms with van der Waals surface area (Å²) in [5.74, 6) is -0.206. The van der Waals surface area contributed by atoms with Crippen molar-refractivity contribution in [2.75, 3.05) is 19.6 Å². The molecule has 6 nitrogen and oxygen atoms in total. The van der Waals surface area contributed by atoms with Gasteiger partial charge >= 0.3 is 0 Å². The lowest BCUT2D eigenvalue weighted by Gasteiger charge is -2.06. The van der Waals surface area contributed by atoms with Crippen molar-refractivity contribution >= 4 is 24.0 Å². The number of nitro benzene ring substituents is 1. The highest BCUT2D eigenvalue weighted by molar-refractivity contribution is 5.85. The third-order valence-corrected chi connectivity index (χ3v) is 2.41. The smallest absolute Gasteiger partial charge is 0.273 e. The molecule has 0 radical (unpaired) electrons. The highest BCUT2D eigenvalue weighted by Crippen LogP contribution is 2.17. The van der Waals surface area contributed by atoms with Gasteiger partial charge in [-0.15, -0.1) is 12.4 Å². The topological polar surface area (TPSA) is 84.3 Å². The summed E-state index contributed by atoms with van der Waals surface area (Å²) >= 11 is 0. The van der Waals surface area contributed by atoms with E-state index in [1.807, 2.05) is 6.92 Å². The van der Waals surface area contributed by atoms with Crippen molar-refractivity contribution in [1.29, 1.82) is 0 Å². The van der Waals surface area contributed by atoms with Gasteiger partial charge in [-0.25, -0.2) is 0 Å². The van der Waals surface area contributed by atoms with Crippen LogP contribution < -0.4 is 10.6 Å². The van der Waals surface area contributed by atoms with Crippen molar-refractivity contribution in [3.63, 3.8) is 0 Å². The zero-order valence-corrected chi connectivity index (χ0v) is 11.5. The van der Waals surface area contributed by atoms with Crippen LogP contribution in [0.25, 0.3) is 0 Å². The van der Waals surface area contributed by atoms with Gasteiger partial charge in [-0.1, -0.05) is 25.1 Å². The molecule has 0 spiro atoms. The molecule has 2 N–H and O–H groups in total. The van der Waals surface area contributed by atoms with Crippen molar-refractivity contribution < 1.29 is 9.72 Å². The summed E-state index contributed by atoms with van der Waals surface area (Å²) in [6.07, 6.45) is 0.0310. The van der Waals surface area contributed by atoms with E-state index in [-0.39, 0.29) is 30.4 Å². The molecule has 0 saturated heterocycles. The average Bonchev–Trinajstić information content (AvgIpc) is 2.35. The van der Waals surface area contributed by atoms with E-state index < -0.39 is 4.92 Å². The van der Waals surface area contributed by atoms with Crippen LogP contribution in [0.5, 0.6) is 0 Å². The Bertz CT molecular complexity index is 426. The van der Waals surface area contributed by atoms with Crippen LogP contribution >= 0.6 is 12.4 Å². The number of benzene rings is 1. The lowest BCUT2D eigenvalue weighted by molar-refractivity contribution is -0.385. The number of carbonyl (C=O) groups is 1. The standard InChI is InChI=1S/C12H17N3O3.ClH/c1-2-13-7-8-14-12(16)9-10-5-3-4-6-11(10)15(17)18;/h3-6,13H,2,7-9H2,1H3,(H,14,16);1H. The first kappa shape index (κ1) is 17.3. The SMILES string of the molecule is CCNCCNC(=O)Cc1ccccc1[N+](=O)[O-].Cl. The Morgan fingerprint density at radius 2 is 2.00 bits per heavy atom. The number of amides is 1. The van der Waals surface area contributed by atoms with Crippen LogP contribution in [0.2, 0.25) is 0 Å². The van der Waals surface area contributed by atoms with Gasteiger partial charge in [0.2, 0.25) is 5.91 Å². The van der Waals surface area contributed by atoms with Crippen molar-refractivity contribution in [2.24, 2.45) is 0 Å². The number of hydrogen-bond donors (Lipinski definition) is 2. The minimum absolute atomic E-state index is 0. The normalized spacial score (nSPS) is 9.53. The summed E-state index contributed by atoms with van der Waals surface area (Å²) < 4.78 is 0. The van der Waals surface area contributed by atoms with Gasteiger partial charge in [0.25, 0.3) is 5.69 Å². The predicted octanol–water partition coefficient (Wildman–Crippen LogP) is 1.28. The second kappa shape index (κ2) is 9.29. The van der Waals surface area contributed by atoms with Gasteiger partial charge < -0.3 is 10.6 Å². The number of nitrogens with zero attached hydrogens (tertiary/aromatic N) is 1. The molecule has 0 fully saturated rings. The van der Waals surface area contributed by atoms with Crippen LogP contribution in [-0.4, -0.2) is 30.5 Å². The Kier molecular flexibility index (Phi) is 8.48. The summed E-state index contributed by atoms with van der Waals surface area (Å²) in [5, 5.41) is 16.5. The van der Waals surface area contributed by atoms with Crippen molar-refractivity contribution in [3.8, 4) is 0 Å². The minimum atomic E-state index is -0.471. The quantitative estimate of drug-likeness (QED) is 0.449. The molecule has 106 valence electrons. The Morgan fingerprint density at radius 3 is 2.63 bits per heavy atom. The molecule has 7 heteroatoms. The number of nitrogens with one attached hydrogen (secondary N) is 2. The predicted molar refractivity (Wildman–Crippen MR) is 75.6 cm³/mol. The summed E-state index contributed by atoms with van der Waals surface area (Å²) in [4.78, 5) is 21.9.